The summed E-state index contributed by atoms with van der Waals surface area (Å²) in [6, 6.07) is 4.61. The van der Waals surface area contributed by atoms with Crippen molar-refractivity contribution in [1.82, 2.24) is 10.4 Å². The lowest BCUT2D eigenvalue weighted by atomic mass is 10.0. The van der Waals surface area contributed by atoms with Gasteiger partial charge in [-0.05, 0) is 12.1 Å². The van der Waals surface area contributed by atoms with Crippen LogP contribution in [0.15, 0.2) is 34.4 Å². The zero-order valence-electron chi connectivity index (χ0n) is 8.86. The Morgan fingerprint density at radius 2 is 2.35 bits per heavy atom. The van der Waals surface area contributed by atoms with Gasteiger partial charge in [0.2, 0.25) is 0 Å². The van der Waals surface area contributed by atoms with Crippen LogP contribution in [0.5, 0.6) is 0 Å². The van der Waals surface area contributed by atoms with Gasteiger partial charge >= 0.3 is 0 Å². The number of rotatable bonds is 4. The summed E-state index contributed by atoms with van der Waals surface area (Å²) in [5.41, 5.74) is 4.94. The van der Waals surface area contributed by atoms with Gasteiger partial charge in [0.05, 0.1) is 11.6 Å². The summed E-state index contributed by atoms with van der Waals surface area (Å²) in [6.45, 7) is 0. The van der Waals surface area contributed by atoms with Crippen LogP contribution in [0.25, 0.3) is 0 Å². The standard InChI is InChI=1S/C11H11BrFN3S/c12-8-2-1-3-9(13)11(8)10(16-14)4-7-5-15-6-17-7/h1-3,5-6,10,16H,4,14H2. The number of halogens is 2. The number of hydrogen-bond donors (Lipinski definition) is 2. The molecule has 17 heavy (non-hydrogen) atoms. The van der Waals surface area contributed by atoms with Crippen LogP contribution >= 0.6 is 27.3 Å². The molecule has 2 rings (SSSR count). The molecule has 0 bridgehead atoms. The fourth-order valence-electron chi connectivity index (χ4n) is 1.63. The Kier molecular flexibility index (Phi) is 4.22. The fraction of sp³-hybridized carbons (Fsp3) is 0.182. The number of thiazole rings is 1. The van der Waals surface area contributed by atoms with Crippen molar-refractivity contribution in [3.05, 3.63) is 50.6 Å². The summed E-state index contributed by atoms with van der Waals surface area (Å²) in [7, 11) is 0. The van der Waals surface area contributed by atoms with Crippen LogP contribution in [0, 0.1) is 5.82 Å². The molecule has 3 nitrogen and oxygen atoms in total. The van der Waals surface area contributed by atoms with Crippen molar-refractivity contribution in [1.29, 1.82) is 0 Å². The van der Waals surface area contributed by atoms with Gasteiger partial charge in [-0.25, -0.2) is 4.39 Å². The largest absolute Gasteiger partial charge is 0.271 e. The SMILES string of the molecule is NNC(Cc1cncs1)c1c(F)cccc1Br. The van der Waals surface area contributed by atoms with E-state index in [2.05, 4.69) is 26.3 Å². The molecule has 3 N–H and O–H groups in total. The molecule has 6 heteroatoms. The van der Waals surface area contributed by atoms with E-state index in [0.717, 1.165) is 4.88 Å². The van der Waals surface area contributed by atoms with Crippen molar-refractivity contribution in [2.75, 3.05) is 0 Å². The molecule has 0 fully saturated rings. The average Bonchev–Trinajstić information content (AvgIpc) is 2.80. The van der Waals surface area contributed by atoms with E-state index in [1.165, 1.54) is 17.4 Å². The van der Waals surface area contributed by atoms with Crippen molar-refractivity contribution < 1.29 is 4.39 Å². The van der Waals surface area contributed by atoms with Crippen molar-refractivity contribution in [3.8, 4) is 0 Å². The van der Waals surface area contributed by atoms with Gasteiger partial charge in [0, 0.05) is 27.5 Å². The molecule has 0 amide bonds. The van der Waals surface area contributed by atoms with E-state index in [9.17, 15) is 4.39 Å². The fourth-order valence-corrected chi connectivity index (χ4v) is 2.89. The molecule has 0 saturated heterocycles. The second kappa shape index (κ2) is 5.68. The Labute approximate surface area is 111 Å². The zero-order valence-corrected chi connectivity index (χ0v) is 11.3. The Morgan fingerprint density at radius 1 is 1.53 bits per heavy atom. The number of hydrazine groups is 1. The first kappa shape index (κ1) is 12.6. The van der Waals surface area contributed by atoms with Gasteiger partial charge in [0.25, 0.3) is 0 Å². The smallest absolute Gasteiger partial charge is 0.129 e. The summed E-state index contributed by atoms with van der Waals surface area (Å²) in [6.07, 6.45) is 2.38. The van der Waals surface area contributed by atoms with Crippen molar-refractivity contribution in [2.45, 2.75) is 12.5 Å². The van der Waals surface area contributed by atoms with Gasteiger partial charge in [-0.3, -0.25) is 16.3 Å². The maximum absolute atomic E-state index is 13.8. The van der Waals surface area contributed by atoms with Gasteiger partial charge in [0.1, 0.15) is 5.82 Å². The highest BCUT2D eigenvalue weighted by atomic mass is 79.9. The molecule has 1 aromatic carbocycles. The molecule has 1 unspecified atom stereocenters. The molecule has 0 saturated carbocycles. The predicted octanol–water partition coefficient (Wildman–Crippen LogP) is 2.79. The normalized spacial score (nSPS) is 12.6. The van der Waals surface area contributed by atoms with Crippen molar-refractivity contribution in [3.63, 3.8) is 0 Å². The number of benzene rings is 1. The lowest BCUT2D eigenvalue weighted by Gasteiger charge is -2.17. The Hall–Kier alpha value is -0.820. The number of nitrogens with one attached hydrogen (secondary N) is 1. The van der Waals surface area contributed by atoms with Gasteiger partial charge in [-0.15, -0.1) is 11.3 Å². The van der Waals surface area contributed by atoms with E-state index in [-0.39, 0.29) is 11.9 Å². The van der Waals surface area contributed by atoms with Crippen LogP contribution in [-0.4, -0.2) is 4.98 Å². The molecule has 1 aromatic heterocycles. The van der Waals surface area contributed by atoms with Crippen LogP contribution in [0.4, 0.5) is 4.39 Å². The van der Waals surface area contributed by atoms with E-state index in [1.54, 1.807) is 23.8 Å². The second-order valence-corrected chi connectivity index (χ2v) is 5.35. The quantitative estimate of drug-likeness (QED) is 0.674. The summed E-state index contributed by atoms with van der Waals surface area (Å²) in [5.74, 6) is 5.23. The van der Waals surface area contributed by atoms with Crippen molar-refractivity contribution in [2.24, 2.45) is 5.84 Å². The number of nitrogens with zero attached hydrogens (tertiary/aromatic N) is 1. The van der Waals surface area contributed by atoms with Crippen LogP contribution < -0.4 is 11.3 Å². The van der Waals surface area contributed by atoms with E-state index >= 15 is 0 Å². The molecule has 0 aliphatic heterocycles. The van der Waals surface area contributed by atoms with E-state index < -0.39 is 0 Å². The van der Waals surface area contributed by atoms with Gasteiger partial charge in [0.15, 0.2) is 0 Å². The van der Waals surface area contributed by atoms with Gasteiger partial charge in [-0.2, -0.15) is 0 Å². The highest BCUT2D eigenvalue weighted by Gasteiger charge is 2.18. The van der Waals surface area contributed by atoms with Crippen LogP contribution in [0.1, 0.15) is 16.5 Å². The van der Waals surface area contributed by atoms with Crippen molar-refractivity contribution >= 4 is 27.3 Å². The third-order valence-electron chi connectivity index (χ3n) is 2.44. The number of nitrogens with two attached hydrogens (primary N) is 1. The minimum Gasteiger partial charge on any atom is -0.271 e. The minimum absolute atomic E-state index is 0.271. The minimum atomic E-state index is -0.272. The molecular weight excluding hydrogens is 305 g/mol. The van der Waals surface area contributed by atoms with Crippen LogP contribution in [0.3, 0.4) is 0 Å². The summed E-state index contributed by atoms with van der Waals surface area (Å²) in [4.78, 5) is 5.05. The molecule has 0 aliphatic carbocycles. The molecule has 0 radical (unpaired) electrons. The molecule has 1 atom stereocenters. The number of hydrogen-bond acceptors (Lipinski definition) is 4. The summed E-state index contributed by atoms with van der Waals surface area (Å²) in [5, 5.41) is 0. The highest BCUT2D eigenvalue weighted by Crippen LogP contribution is 2.28. The first-order chi connectivity index (χ1) is 8.22. The van der Waals surface area contributed by atoms with Crippen LogP contribution in [0.2, 0.25) is 0 Å². The Balaban J connectivity index is 2.29. The van der Waals surface area contributed by atoms with Gasteiger partial charge < -0.3 is 0 Å². The van der Waals surface area contributed by atoms with E-state index in [4.69, 9.17) is 5.84 Å². The van der Waals surface area contributed by atoms with E-state index in [1.807, 2.05) is 0 Å². The summed E-state index contributed by atoms with van der Waals surface area (Å²) >= 11 is 4.87. The van der Waals surface area contributed by atoms with Crippen LogP contribution in [-0.2, 0) is 6.42 Å². The molecule has 2 aromatic rings. The Bertz CT molecular complexity index is 469. The third kappa shape index (κ3) is 2.90. The average molecular weight is 316 g/mol. The molecule has 90 valence electrons. The molecular formula is C11H11BrFN3S. The monoisotopic (exact) mass is 315 g/mol. The summed E-state index contributed by atoms with van der Waals surface area (Å²) < 4.78 is 14.5. The zero-order chi connectivity index (χ0) is 12.3. The molecule has 0 aliphatic rings. The molecule has 1 heterocycles. The first-order valence-electron chi connectivity index (χ1n) is 4.99. The number of aromatic nitrogens is 1. The maximum atomic E-state index is 13.8. The lowest BCUT2D eigenvalue weighted by molar-refractivity contribution is 0.510. The predicted molar refractivity (Wildman–Crippen MR) is 70.0 cm³/mol. The van der Waals surface area contributed by atoms with E-state index in [0.29, 0.717) is 16.5 Å². The first-order valence-corrected chi connectivity index (χ1v) is 6.67. The third-order valence-corrected chi connectivity index (χ3v) is 3.93. The second-order valence-electron chi connectivity index (χ2n) is 3.53. The van der Waals surface area contributed by atoms with Gasteiger partial charge in [-0.1, -0.05) is 22.0 Å². The lowest BCUT2D eigenvalue weighted by Crippen LogP contribution is -2.30. The topological polar surface area (TPSA) is 50.9 Å². The maximum Gasteiger partial charge on any atom is 0.129 e. The Morgan fingerprint density at radius 3 is 2.94 bits per heavy atom. The molecule has 0 spiro atoms. The highest BCUT2D eigenvalue weighted by molar-refractivity contribution is 9.10.